The highest BCUT2D eigenvalue weighted by Crippen LogP contribution is 2.36. The SMILES string of the molecule is Cn1cc(C(F)F)c(-c2ccc(F)c(C(F)(F)F)c2)n1. The third kappa shape index (κ3) is 2.63. The Balaban J connectivity index is 2.60. The quantitative estimate of drug-likeness (QED) is 0.760. The molecule has 8 heteroatoms. The lowest BCUT2D eigenvalue weighted by Gasteiger charge is -2.09. The predicted molar refractivity (Wildman–Crippen MR) is 58.6 cm³/mol. The Bertz CT molecular complexity index is 629. The normalized spacial score (nSPS) is 12.2. The van der Waals surface area contributed by atoms with Gasteiger partial charge in [0.05, 0.1) is 11.1 Å². The van der Waals surface area contributed by atoms with Gasteiger partial charge < -0.3 is 0 Å². The van der Waals surface area contributed by atoms with Crippen molar-refractivity contribution in [3.05, 3.63) is 41.3 Å². The van der Waals surface area contributed by atoms with Gasteiger partial charge in [0, 0.05) is 18.8 Å². The fourth-order valence-corrected chi connectivity index (χ4v) is 1.78. The Labute approximate surface area is 109 Å². The molecule has 0 aliphatic carbocycles. The van der Waals surface area contributed by atoms with Crippen molar-refractivity contribution in [1.82, 2.24) is 9.78 Å². The van der Waals surface area contributed by atoms with Crippen molar-refractivity contribution in [2.75, 3.05) is 0 Å². The molecule has 0 saturated heterocycles. The summed E-state index contributed by atoms with van der Waals surface area (Å²) >= 11 is 0. The van der Waals surface area contributed by atoms with Crippen molar-refractivity contribution in [3.63, 3.8) is 0 Å². The van der Waals surface area contributed by atoms with Crippen LogP contribution in [0.4, 0.5) is 26.3 Å². The maximum atomic E-state index is 13.2. The van der Waals surface area contributed by atoms with Crippen LogP contribution >= 0.6 is 0 Å². The molecule has 108 valence electrons. The molecule has 20 heavy (non-hydrogen) atoms. The second-order valence-corrected chi connectivity index (χ2v) is 4.10. The predicted octanol–water partition coefficient (Wildman–Crippen LogP) is 4.18. The first-order valence-electron chi connectivity index (χ1n) is 5.39. The molecule has 1 aromatic heterocycles. The molecule has 0 aliphatic heterocycles. The maximum Gasteiger partial charge on any atom is 0.419 e. The third-order valence-electron chi connectivity index (χ3n) is 2.64. The van der Waals surface area contributed by atoms with E-state index in [2.05, 4.69) is 5.10 Å². The van der Waals surface area contributed by atoms with E-state index in [4.69, 9.17) is 0 Å². The van der Waals surface area contributed by atoms with Gasteiger partial charge in [-0.25, -0.2) is 13.2 Å². The lowest BCUT2D eigenvalue weighted by Crippen LogP contribution is -2.08. The largest absolute Gasteiger partial charge is 0.419 e. The van der Waals surface area contributed by atoms with Gasteiger partial charge in [-0.3, -0.25) is 4.68 Å². The fourth-order valence-electron chi connectivity index (χ4n) is 1.78. The van der Waals surface area contributed by atoms with Gasteiger partial charge in [0.2, 0.25) is 0 Å². The summed E-state index contributed by atoms with van der Waals surface area (Å²) < 4.78 is 77.6. The molecule has 0 unspecified atom stereocenters. The molecule has 2 nitrogen and oxygen atoms in total. The summed E-state index contributed by atoms with van der Waals surface area (Å²) in [5, 5.41) is 3.70. The van der Waals surface area contributed by atoms with Crippen LogP contribution in [-0.4, -0.2) is 9.78 Å². The van der Waals surface area contributed by atoms with E-state index in [9.17, 15) is 26.3 Å². The molecule has 0 aliphatic rings. The van der Waals surface area contributed by atoms with Crippen LogP contribution in [0.3, 0.4) is 0 Å². The topological polar surface area (TPSA) is 17.8 Å². The molecular formula is C12H8F6N2. The molecule has 0 bridgehead atoms. The van der Waals surface area contributed by atoms with Gasteiger partial charge in [0.1, 0.15) is 11.5 Å². The zero-order valence-electron chi connectivity index (χ0n) is 10.0. The van der Waals surface area contributed by atoms with Gasteiger partial charge in [0.15, 0.2) is 0 Å². The van der Waals surface area contributed by atoms with E-state index in [1.165, 1.54) is 7.05 Å². The average molecular weight is 294 g/mol. The summed E-state index contributed by atoms with van der Waals surface area (Å²) in [6, 6.07) is 2.05. The standard InChI is InChI=1S/C12H8F6N2/c1-20-5-7(11(14)15)10(19-20)6-2-3-9(13)8(4-6)12(16,17)18/h2-5,11H,1H3. The minimum absolute atomic E-state index is 0.213. The molecular weight excluding hydrogens is 286 g/mol. The molecule has 2 rings (SSSR count). The lowest BCUT2D eigenvalue weighted by molar-refractivity contribution is -0.139. The van der Waals surface area contributed by atoms with Gasteiger partial charge in [-0.15, -0.1) is 0 Å². The minimum atomic E-state index is -4.90. The molecule has 1 heterocycles. The van der Waals surface area contributed by atoms with Crippen molar-refractivity contribution < 1.29 is 26.3 Å². The van der Waals surface area contributed by atoms with Crippen LogP contribution in [0.1, 0.15) is 17.6 Å². The highest BCUT2D eigenvalue weighted by molar-refractivity contribution is 5.64. The molecule has 1 aromatic carbocycles. The van der Waals surface area contributed by atoms with Crippen LogP contribution in [0.2, 0.25) is 0 Å². The van der Waals surface area contributed by atoms with E-state index in [1.807, 2.05) is 0 Å². The summed E-state index contributed by atoms with van der Waals surface area (Å²) in [6.45, 7) is 0. The van der Waals surface area contributed by atoms with Gasteiger partial charge in [-0.05, 0) is 18.2 Å². The number of alkyl halides is 5. The molecule has 0 spiro atoms. The summed E-state index contributed by atoms with van der Waals surface area (Å²) in [6.07, 6.45) is -6.78. The van der Waals surface area contributed by atoms with E-state index < -0.39 is 29.5 Å². The smallest absolute Gasteiger partial charge is 0.275 e. The van der Waals surface area contributed by atoms with Crippen molar-refractivity contribution in [1.29, 1.82) is 0 Å². The number of hydrogen-bond acceptors (Lipinski definition) is 1. The highest BCUT2D eigenvalue weighted by Gasteiger charge is 2.34. The first-order valence-corrected chi connectivity index (χ1v) is 5.39. The van der Waals surface area contributed by atoms with E-state index in [1.54, 1.807) is 0 Å². The molecule has 0 N–H and O–H groups in total. The van der Waals surface area contributed by atoms with E-state index in [-0.39, 0.29) is 11.3 Å². The number of aryl methyl sites for hydroxylation is 1. The van der Waals surface area contributed by atoms with Crippen molar-refractivity contribution >= 4 is 0 Å². The molecule has 0 saturated carbocycles. The molecule has 0 amide bonds. The van der Waals surface area contributed by atoms with Crippen LogP contribution in [0.15, 0.2) is 24.4 Å². The highest BCUT2D eigenvalue weighted by atomic mass is 19.4. The Morgan fingerprint density at radius 1 is 1.20 bits per heavy atom. The van der Waals surface area contributed by atoms with Crippen molar-refractivity contribution in [2.24, 2.45) is 7.05 Å². The zero-order valence-corrected chi connectivity index (χ0v) is 10.0. The van der Waals surface area contributed by atoms with E-state index in [0.717, 1.165) is 16.9 Å². The Morgan fingerprint density at radius 3 is 2.40 bits per heavy atom. The van der Waals surface area contributed by atoms with Crippen LogP contribution in [-0.2, 0) is 13.2 Å². The van der Waals surface area contributed by atoms with Crippen LogP contribution in [0.5, 0.6) is 0 Å². The third-order valence-corrected chi connectivity index (χ3v) is 2.64. The minimum Gasteiger partial charge on any atom is -0.275 e. The summed E-state index contributed by atoms with van der Waals surface area (Å²) in [5.41, 5.74) is -2.53. The number of nitrogens with zero attached hydrogens (tertiary/aromatic N) is 2. The Kier molecular flexibility index (Phi) is 3.49. The van der Waals surface area contributed by atoms with Crippen LogP contribution in [0.25, 0.3) is 11.3 Å². The van der Waals surface area contributed by atoms with Gasteiger partial charge in [-0.1, -0.05) is 0 Å². The second-order valence-electron chi connectivity index (χ2n) is 4.10. The lowest BCUT2D eigenvalue weighted by atomic mass is 10.0. The number of rotatable bonds is 2. The Morgan fingerprint density at radius 2 is 1.85 bits per heavy atom. The van der Waals surface area contributed by atoms with E-state index >= 15 is 0 Å². The van der Waals surface area contributed by atoms with Crippen molar-refractivity contribution in [2.45, 2.75) is 12.6 Å². The van der Waals surface area contributed by atoms with Crippen molar-refractivity contribution in [3.8, 4) is 11.3 Å². The number of hydrogen-bond donors (Lipinski definition) is 0. The second kappa shape index (κ2) is 4.84. The summed E-state index contributed by atoms with van der Waals surface area (Å²) in [4.78, 5) is 0. The van der Waals surface area contributed by atoms with Crippen LogP contribution < -0.4 is 0 Å². The van der Waals surface area contributed by atoms with Crippen LogP contribution in [0, 0.1) is 5.82 Å². The van der Waals surface area contributed by atoms with Gasteiger partial charge >= 0.3 is 6.18 Å². The summed E-state index contributed by atoms with van der Waals surface area (Å²) in [5.74, 6) is -1.46. The molecule has 0 atom stereocenters. The number of halogens is 6. The molecule has 0 fully saturated rings. The van der Waals surface area contributed by atoms with Gasteiger partial charge in [-0.2, -0.15) is 18.3 Å². The monoisotopic (exact) mass is 294 g/mol. The average Bonchev–Trinajstić information content (AvgIpc) is 2.70. The number of aromatic nitrogens is 2. The maximum absolute atomic E-state index is 13.2. The molecule has 0 radical (unpaired) electrons. The summed E-state index contributed by atoms with van der Waals surface area (Å²) in [7, 11) is 1.36. The number of benzene rings is 1. The first kappa shape index (κ1) is 14.4. The Hall–Kier alpha value is -1.99. The first-order chi connectivity index (χ1) is 9.20. The van der Waals surface area contributed by atoms with Gasteiger partial charge in [0.25, 0.3) is 6.43 Å². The zero-order chi connectivity index (χ0) is 15.1. The molecule has 2 aromatic rings. The van der Waals surface area contributed by atoms with E-state index in [0.29, 0.717) is 12.1 Å². The fraction of sp³-hybridized carbons (Fsp3) is 0.250.